The van der Waals surface area contributed by atoms with Crippen molar-refractivity contribution in [3.8, 4) is 0 Å². The Morgan fingerprint density at radius 1 is 1.13 bits per heavy atom. The highest BCUT2D eigenvalue weighted by molar-refractivity contribution is 5.95. The molecule has 23 heavy (non-hydrogen) atoms. The van der Waals surface area contributed by atoms with Crippen molar-refractivity contribution in [3.05, 3.63) is 71.0 Å². The van der Waals surface area contributed by atoms with Gasteiger partial charge in [0.25, 0.3) is 5.91 Å². The van der Waals surface area contributed by atoms with Gasteiger partial charge in [-0.25, -0.2) is 14.2 Å². The highest BCUT2D eigenvalue weighted by Gasteiger charge is 2.14. The summed E-state index contributed by atoms with van der Waals surface area (Å²) in [4.78, 5) is 23.4. The van der Waals surface area contributed by atoms with Crippen LogP contribution in [0.2, 0.25) is 0 Å². The van der Waals surface area contributed by atoms with Gasteiger partial charge in [-0.2, -0.15) is 5.10 Å². The first-order valence-electron chi connectivity index (χ1n) is 6.78. The predicted molar refractivity (Wildman–Crippen MR) is 83.9 cm³/mol. The molecule has 0 N–H and O–H groups in total. The fraction of sp³-hybridized carbons (Fsp3) is 0.118. The second-order valence-electron chi connectivity index (χ2n) is 4.67. The average molecular weight is 314 g/mol. The summed E-state index contributed by atoms with van der Waals surface area (Å²) in [5.41, 5.74) is 1.06. The van der Waals surface area contributed by atoms with E-state index in [1.807, 2.05) is 0 Å². The molecule has 0 heterocycles. The van der Waals surface area contributed by atoms with Crippen molar-refractivity contribution in [1.82, 2.24) is 5.01 Å². The predicted octanol–water partition coefficient (Wildman–Crippen LogP) is 2.72. The third-order valence-electron chi connectivity index (χ3n) is 3.11. The number of amides is 1. The molecule has 0 saturated heterocycles. The van der Waals surface area contributed by atoms with Crippen molar-refractivity contribution < 1.29 is 18.7 Å². The second kappa shape index (κ2) is 7.31. The van der Waals surface area contributed by atoms with Gasteiger partial charge in [-0.05, 0) is 29.8 Å². The highest BCUT2D eigenvalue weighted by Crippen LogP contribution is 2.09. The normalized spacial score (nSPS) is 10.6. The molecule has 0 aromatic heterocycles. The van der Waals surface area contributed by atoms with Crippen LogP contribution < -0.4 is 0 Å². The van der Waals surface area contributed by atoms with E-state index in [-0.39, 0.29) is 5.56 Å². The highest BCUT2D eigenvalue weighted by atomic mass is 19.1. The summed E-state index contributed by atoms with van der Waals surface area (Å²) in [5.74, 6) is -1.58. The Kier molecular flexibility index (Phi) is 5.19. The van der Waals surface area contributed by atoms with E-state index in [0.717, 1.165) is 5.01 Å². The van der Waals surface area contributed by atoms with Crippen molar-refractivity contribution in [2.45, 2.75) is 0 Å². The maximum absolute atomic E-state index is 13.6. The molecule has 0 atom stereocenters. The minimum atomic E-state index is -0.595. The first kappa shape index (κ1) is 16.4. The first-order chi connectivity index (χ1) is 11.0. The van der Waals surface area contributed by atoms with E-state index < -0.39 is 17.7 Å². The lowest BCUT2D eigenvalue weighted by Crippen LogP contribution is -2.22. The number of rotatable bonds is 4. The topological polar surface area (TPSA) is 59.0 Å². The molecule has 2 rings (SSSR count). The van der Waals surface area contributed by atoms with E-state index >= 15 is 0 Å². The molecule has 0 unspecified atom stereocenters. The Hall–Kier alpha value is -3.02. The van der Waals surface area contributed by atoms with Crippen LogP contribution in [-0.4, -0.2) is 37.3 Å². The van der Waals surface area contributed by atoms with E-state index in [9.17, 15) is 14.0 Å². The zero-order chi connectivity index (χ0) is 16.8. The van der Waals surface area contributed by atoms with Gasteiger partial charge in [-0.3, -0.25) is 4.79 Å². The zero-order valence-electron chi connectivity index (χ0n) is 12.7. The van der Waals surface area contributed by atoms with Crippen LogP contribution in [0.15, 0.2) is 53.6 Å². The van der Waals surface area contributed by atoms with Crippen molar-refractivity contribution in [1.29, 1.82) is 0 Å². The molecule has 2 aromatic rings. The third kappa shape index (κ3) is 4.00. The third-order valence-corrected chi connectivity index (χ3v) is 3.11. The number of nitrogens with zero attached hydrogens (tertiary/aromatic N) is 2. The Bertz CT molecular complexity index is 742. The van der Waals surface area contributed by atoms with E-state index in [1.54, 1.807) is 30.3 Å². The Labute approximate surface area is 133 Å². The Morgan fingerprint density at radius 2 is 1.78 bits per heavy atom. The molecule has 5 nitrogen and oxygen atoms in total. The van der Waals surface area contributed by atoms with Gasteiger partial charge in [0, 0.05) is 7.05 Å². The molecule has 0 radical (unpaired) electrons. The zero-order valence-corrected chi connectivity index (χ0v) is 12.7. The maximum atomic E-state index is 13.6. The van der Waals surface area contributed by atoms with Crippen LogP contribution in [0.3, 0.4) is 0 Å². The summed E-state index contributed by atoms with van der Waals surface area (Å²) in [5, 5.41) is 5.03. The number of hydrogen-bond donors (Lipinski definition) is 0. The monoisotopic (exact) mass is 314 g/mol. The molecule has 0 bridgehead atoms. The number of benzene rings is 2. The van der Waals surface area contributed by atoms with Crippen molar-refractivity contribution in [3.63, 3.8) is 0 Å². The van der Waals surface area contributed by atoms with Crippen LogP contribution in [0, 0.1) is 5.82 Å². The molecule has 0 aliphatic carbocycles. The number of methoxy groups -OCH3 is 1. The van der Waals surface area contributed by atoms with Crippen LogP contribution >= 0.6 is 0 Å². The maximum Gasteiger partial charge on any atom is 0.337 e. The largest absolute Gasteiger partial charge is 0.465 e. The lowest BCUT2D eigenvalue weighted by molar-refractivity contribution is 0.0600. The van der Waals surface area contributed by atoms with Crippen LogP contribution in [0.4, 0.5) is 4.39 Å². The molecule has 6 heteroatoms. The molecule has 118 valence electrons. The minimum Gasteiger partial charge on any atom is -0.465 e. The number of carbonyl (C=O) groups excluding carboxylic acids is 2. The summed E-state index contributed by atoms with van der Waals surface area (Å²) in [6, 6.07) is 12.2. The molecule has 0 aliphatic rings. The van der Waals surface area contributed by atoms with Gasteiger partial charge >= 0.3 is 5.97 Å². The molecule has 0 aliphatic heterocycles. The van der Waals surface area contributed by atoms with Crippen molar-refractivity contribution >= 4 is 18.1 Å². The van der Waals surface area contributed by atoms with E-state index in [0.29, 0.717) is 11.1 Å². The van der Waals surface area contributed by atoms with Gasteiger partial charge in [-0.15, -0.1) is 0 Å². The second-order valence-corrected chi connectivity index (χ2v) is 4.67. The van der Waals surface area contributed by atoms with Crippen molar-refractivity contribution in [2.24, 2.45) is 5.10 Å². The fourth-order valence-corrected chi connectivity index (χ4v) is 1.84. The lowest BCUT2D eigenvalue weighted by Gasteiger charge is -2.11. The van der Waals surface area contributed by atoms with Crippen LogP contribution in [0.5, 0.6) is 0 Å². The fourth-order valence-electron chi connectivity index (χ4n) is 1.84. The standard InChI is InChI=1S/C17H15FN2O3/c1-20(16(21)14-5-3-4-6-15(14)18)19-11-12-7-9-13(10-8-12)17(22)23-2/h3-11H,1-2H3/b19-11+. The number of carbonyl (C=O) groups is 2. The van der Waals surface area contributed by atoms with Crippen molar-refractivity contribution in [2.75, 3.05) is 14.2 Å². The van der Waals surface area contributed by atoms with Crippen LogP contribution in [0.25, 0.3) is 0 Å². The summed E-state index contributed by atoms with van der Waals surface area (Å²) >= 11 is 0. The van der Waals surface area contributed by atoms with E-state index in [1.165, 1.54) is 38.6 Å². The summed E-state index contributed by atoms with van der Waals surface area (Å²) in [7, 11) is 2.75. The number of hydrazone groups is 1. The van der Waals surface area contributed by atoms with E-state index in [2.05, 4.69) is 9.84 Å². The summed E-state index contributed by atoms with van der Waals surface area (Å²) in [6.07, 6.45) is 1.44. The quantitative estimate of drug-likeness (QED) is 0.495. The summed E-state index contributed by atoms with van der Waals surface area (Å²) < 4.78 is 18.2. The van der Waals surface area contributed by atoms with Crippen LogP contribution in [0.1, 0.15) is 26.3 Å². The van der Waals surface area contributed by atoms with Gasteiger partial charge < -0.3 is 4.74 Å². The molecular formula is C17H15FN2O3. The van der Waals surface area contributed by atoms with Gasteiger partial charge in [0.1, 0.15) is 5.82 Å². The smallest absolute Gasteiger partial charge is 0.337 e. The minimum absolute atomic E-state index is 0.0480. The number of hydrogen-bond acceptors (Lipinski definition) is 4. The lowest BCUT2D eigenvalue weighted by atomic mass is 10.1. The molecule has 2 aromatic carbocycles. The Morgan fingerprint density at radius 3 is 2.39 bits per heavy atom. The van der Waals surface area contributed by atoms with Gasteiger partial charge in [0.2, 0.25) is 0 Å². The molecule has 0 fully saturated rings. The Balaban J connectivity index is 2.09. The molecule has 1 amide bonds. The van der Waals surface area contributed by atoms with E-state index in [4.69, 9.17) is 0 Å². The number of ether oxygens (including phenoxy) is 1. The summed E-state index contributed by atoms with van der Waals surface area (Å²) in [6.45, 7) is 0. The van der Waals surface area contributed by atoms with Gasteiger partial charge in [0.05, 0.1) is 24.5 Å². The SMILES string of the molecule is COC(=O)c1ccc(/C=N/N(C)C(=O)c2ccccc2F)cc1. The van der Waals surface area contributed by atoms with Gasteiger partial charge in [0.15, 0.2) is 0 Å². The van der Waals surface area contributed by atoms with Gasteiger partial charge in [-0.1, -0.05) is 24.3 Å². The molecule has 0 spiro atoms. The average Bonchev–Trinajstić information content (AvgIpc) is 2.59. The number of halogens is 1. The molecular weight excluding hydrogens is 299 g/mol. The first-order valence-corrected chi connectivity index (χ1v) is 6.78. The van der Waals surface area contributed by atoms with Crippen LogP contribution in [-0.2, 0) is 4.74 Å². The number of esters is 1. The molecule has 0 saturated carbocycles.